The van der Waals surface area contributed by atoms with Crippen LogP contribution in [0.15, 0.2) is 30.3 Å². The third-order valence-electron chi connectivity index (χ3n) is 3.41. The summed E-state index contributed by atoms with van der Waals surface area (Å²) in [5, 5.41) is 58.7. The Kier molecular flexibility index (Phi) is 5.00. The number of phenolic OH excluding ortho intramolecular Hbond substituents is 5. The number of benzene rings is 2. The number of carbonyl (C=O) groups is 1. The van der Waals surface area contributed by atoms with Gasteiger partial charge in [-0.1, -0.05) is 6.07 Å². The van der Waals surface area contributed by atoms with Crippen LogP contribution in [0.1, 0.15) is 15.9 Å². The number of phenols is 5. The first-order chi connectivity index (χ1) is 11.3. The molecule has 0 bridgehead atoms. The fraction of sp³-hybridized carbons (Fsp3) is 0.188. The number of aliphatic hydroxyl groups excluding tert-OH is 1. The molecule has 0 aromatic heterocycles. The molecular weight excluding hydrogens is 318 g/mol. The van der Waals surface area contributed by atoms with E-state index in [-0.39, 0.29) is 23.5 Å². The summed E-state index contributed by atoms with van der Waals surface area (Å²) in [5.74, 6) is -3.30. The Bertz CT molecular complexity index is 737. The minimum Gasteiger partial charge on any atom is -0.504 e. The molecule has 0 spiro atoms. The Morgan fingerprint density at radius 3 is 2.08 bits per heavy atom. The van der Waals surface area contributed by atoms with Gasteiger partial charge in [0, 0.05) is 5.56 Å². The van der Waals surface area contributed by atoms with Gasteiger partial charge in [-0.25, -0.2) is 0 Å². The van der Waals surface area contributed by atoms with Gasteiger partial charge in [-0.15, -0.1) is 0 Å². The smallest absolute Gasteiger partial charge is 0.251 e. The zero-order chi connectivity index (χ0) is 17.9. The summed E-state index contributed by atoms with van der Waals surface area (Å²) < 4.78 is 0. The molecule has 0 saturated carbocycles. The van der Waals surface area contributed by atoms with E-state index in [1.54, 1.807) is 0 Å². The maximum Gasteiger partial charge on any atom is 0.251 e. The van der Waals surface area contributed by atoms with Gasteiger partial charge in [0.25, 0.3) is 5.91 Å². The summed E-state index contributed by atoms with van der Waals surface area (Å²) in [4.78, 5) is 12.1. The second-order valence-electron chi connectivity index (χ2n) is 5.24. The molecule has 0 aliphatic carbocycles. The normalized spacial score (nSPS) is 11.9. The molecule has 0 fully saturated rings. The fourth-order valence-corrected chi connectivity index (χ4v) is 2.15. The Morgan fingerprint density at radius 1 is 0.917 bits per heavy atom. The van der Waals surface area contributed by atoms with Crippen molar-refractivity contribution < 1.29 is 35.4 Å². The van der Waals surface area contributed by atoms with E-state index in [0.29, 0.717) is 5.56 Å². The molecule has 0 heterocycles. The monoisotopic (exact) mass is 335 g/mol. The second-order valence-corrected chi connectivity index (χ2v) is 5.24. The minimum absolute atomic E-state index is 0.102. The standard InChI is InChI=1S/C16H17NO7/c18-7-10(3-8-1-2-11(19)12(20)4-8)17-16(24)9-5-13(21)15(23)14(22)6-9/h1-2,4-6,10,18-23H,3,7H2,(H,17,24)/t10-/m0/s1. The molecule has 24 heavy (non-hydrogen) atoms. The van der Waals surface area contributed by atoms with Crippen LogP contribution in [0.3, 0.4) is 0 Å². The number of amides is 1. The molecule has 0 radical (unpaired) electrons. The maximum absolute atomic E-state index is 12.1. The average Bonchev–Trinajstić information content (AvgIpc) is 2.54. The highest BCUT2D eigenvalue weighted by atomic mass is 16.3. The molecule has 0 aliphatic heterocycles. The summed E-state index contributed by atoms with van der Waals surface area (Å²) in [7, 11) is 0. The highest BCUT2D eigenvalue weighted by Crippen LogP contribution is 2.35. The molecule has 0 aliphatic rings. The lowest BCUT2D eigenvalue weighted by molar-refractivity contribution is 0.0915. The van der Waals surface area contributed by atoms with Gasteiger partial charge in [0.2, 0.25) is 0 Å². The van der Waals surface area contributed by atoms with Crippen molar-refractivity contribution in [2.75, 3.05) is 6.61 Å². The van der Waals surface area contributed by atoms with Gasteiger partial charge in [-0.3, -0.25) is 4.79 Å². The Hall–Kier alpha value is -3.13. The van der Waals surface area contributed by atoms with Gasteiger partial charge in [0.05, 0.1) is 12.6 Å². The van der Waals surface area contributed by atoms with Crippen LogP contribution < -0.4 is 5.32 Å². The van der Waals surface area contributed by atoms with Crippen LogP contribution in [-0.2, 0) is 6.42 Å². The molecule has 2 aromatic carbocycles. The lowest BCUT2D eigenvalue weighted by atomic mass is 10.0. The Balaban J connectivity index is 2.12. The third-order valence-corrected chi connectivity index (χ3v) is 3.41. The van der Waals surface area contributed by atoms with Crippen molar-refractivity contribution in [3.05, 3.63) is 41.5 Å². The Labute approximate surface area is 136 Å². The lowest BCUT2D eigenvalue weighted by Crippen LogP contribution is -2.39. The highest BCUT2D eigenvalue weighted by Gasteiger charge is 2.17. The van der Waals surface area contributed by atoms with Crippen molar-refractivity contribution >= 4 is 5.91 Å². The van der Waals surface area contributed by atoms with Crippen LogP contribution in [0, 0.1) is 0 Å². The van der Waals surface area contributed by atoms with E-state index in [4.69, 9.17) is 0 Å². The molecular formula is C16H17NO7. The number of carbonyl (C=O) groups excluding carboxylic acids is 1. The predicted molar refractivity (Wildman–Crippen MR) is 83.3 cm³/mol. The van der Waals surface area contributed by atoms with Crippen LogP contribution >= 0.6 is 0 Å². The highest BCUT2D eigenvalue weighted by molar-refractivity contribution is 5.95. The molecule has 0 saturated heterocycles. The van der Waals surface area contributed by atoms with Crippen molar-refractivity contribution in [1.82, 2.24) is 5.32 Å². The van der Waals surface area contributed by atoms with Crippen LogP contribution in [0.2, 0.25) is 0 Å². The molecule has 7 N–H and O–H groups in total. The van der Waals surface area contributed by atoms with E-state index >= 15 is 0 Å². The molecule has 128 valence electrons. The van der Waals surface area contributed by atoms with E-state index in [1.165, 1.54) is 18.2 Å². The number of nitrogens with one attached hydrogen (secondary N) is 1. The number of rotatable bonds is 5. The number of hydrogen-bond donors (Lipinski definition) is 7. The van der Waals surface area contributed by atoms with Gasteiger partial charge >= 0.3 is 0 Å². The van der Waals surface area contributed by atoms with E-state index in [0.717, 1.165) is 12.1 Å². The van der Waals surface area contributed by atoms with Crippen molar-refractivity contribution in [2.45, 2.75) is 12.5 Å². The number of aliphatic hydroxyl groups is 1. The zero-order valence-corrected chi connectivity index (χ0v) is 12.5. The summed E-state index contributed by atoms with van der Waals surface area (Å²) in [5.41, 5.74) is 0.468. The van der Waals surface area contributed by atoms with Crippen LogP contribution in [-0.4, -0.2) is 49.2 Å². The molecule has 1 amide bonds. The predicted octanol–water partition coefficient (Wildman–Crippen LogP) is 0.548. The first-order valence-electron chi connectivity index (χ1n) is 6.99. The van der Waals surface area contributed by atoms with E-state index in [1.807, 2.05) is 0 Å². The van der Waals surface area contributed by atoms with Crippen molar-refractivity contribution in [2.24, 2.45) is 0 Å². The largest absolute Gasteiger partial charge is 0.504 e. The number of hydrogen-bond acceptors (Lipinski definition) is 7. The summed E-state index contributed by atoms with van der Waals surface area (Å²) in [6, 6.07) is 5.37. The van der Waals surface area contributed by atoms with Gasteiger partial charge in [-0.2, -0.15) is 0 Å². The maximum atomic E-state index is 12.1. The average molecular weight is 335 g/mol. The first-order valence-corrected chi connectivity index (χ1v) is 6.99. The SMILES string of the molecule is O=C(N[C@H](CO)Cc1ccc(O)c(O)c1)c1cc(O)c(O)c(O)c1. The van der Waals surface area contributed by atoms with E-state index < -0.39 is 35.8 Å². The fourth-order valence-electron chi connectivity index (χ4n) is 2.15. The minimum atomic E-state index is -0.732. The van der Waals surface area contributed by atoms with Gasteiger partial charge in [-0.05, 0) is 36.2 Å². The van der Waals surface area contributed by atoms with Crippen molar-refractivity contribution in [3.63, 3.8) is 0 Å². The molecule has 2 aromatic rings. The van der Waals surface area contributed by atoms with E-state index in [2.05, 4.69) is 5.32 Å². The molecule has 2 rings (SSSR count). The summed E-state index contributed by atoms with van der Waals surface area (Å²) in [6.45, 7) is -0.399. The Morgan fingerprint density at radius 2 is 1.54 bits per heavy atom. The topological polar surface area (TPSA) is 150 Å². The van der Waals surface area contributed by atoms with Crippen molar-refractivity contribution in [1.29, 1.82) is 0 Å². The molecule has 0 unspecified atom stereocenters. The van der Waals surface area contributed by atoms with Gasteiger partial charge in [0.1, 0.15) is 0 Å². The zero-order valence-electron chi connectivity index (χ0n) is 12.5. The van der Waals surface area contributed by atoms with E-state index in [9.17, 15) is 35.4 Å². The quantitative estimate of drug-likeness (QED) is 0.394. The second kappa shape index (κ2) is 6.97. The molecule has 8 heteroatoms. The molecule has 1 atom stereocenters. The summed E-state index contributed by atoms with van der Waals surface area (Å²) >= 11 is 0. The summed E-state index contributed by atoms with van der Waals surface area (Å²) in [6.07, 6.45) is 0.173. The molecule has 8 nitrogen and oxygen atoms in total. The third kappa shape index (κ3) is 3.79. The lowest BCUT2D eigenvalue weighted by Gasteiger charge is -2.17. The number of aromatic hydroxyl groups is 5. The van der Waals surface area contributed by atoms with Crippen LogP contribution in [0.4, 0.5) is 0 Å². The first kappa shape index (κ1) is 17.2. The van der Waals surface area contributed by atoms with Crippen LogP contribution in [0.5, 0.6) is 28.7 Å². The van der Waals surface area contributed by atoms with Gasteiger partial charge < -0.3 is 36.0 Å². The van der Waals surface area contributed by atoms with Crippen molar-refractivity contribution in [3.8, 4) is 28.7 Å². The van der Waals surface area contributed by atoms with Gasteiger partial charge in [0.15, 0.2) is 28.7 Å². The van der Waals surface area contributed by atoms with Crippen LogP contribution in [0.25, 0.3) is 0 Å².